The summed E-state index contributed by atoms with van der Waals surface area (Å²) < 4.78 is 10.2. The molecule has 1 atom stereocenters. The van der Waals surface area contributed by atoms with E-state index < -0.39 is 5.97 Å². The third kappa shape index (κ3) is 3.62. The van der Waals surface area contributed by atoms with Crippen LogP contribution in [0.2, 0.25) is 0 Å². The molecule has 1 aromatic heterocycles. The predicted molar refractivity (Wildman–Crippen MR) is 89.0 cm³/mol. The van der Waals surface area contributed by atoms with Gasteiger partial charge in [-0.2, -0.15) is 0 Å². The van der Waals surface area contributed by atoms with E-state index >= 15 is 0 Å². The lowest BCUT2D eigenvalue weighted by molar-refractivity contribution is 0.0567. The monoisotopic (exact) mass is 317 g/mol. The second-order valence-electron chi connectivity index (χ2n) is 6.04. The molecule has 0 saturated heterocycles. The first-order chi connectivity index (χ1) is 10.9. The molecule has 0 saturated carbocycles. The fourth-order valence-electron chi connectivity index (χ4n) is 2.71. The SMILES string of the molecule is CCC(CN(C)C)C(=O)c1cc2cc(C(=O)OC)oc2cc1C. The van der Waals surface area contributed by atoms with Crippen LogP contribution in [0.1, 0.15) is 39.8 Å². The zero-order chi connectivity index (χ0) is 17.1. The maximum Gasteiger partial charge on any atom is 0.373 e. The Balaban J connectivity index is 2.42. The van der Waals surface area contributed by atoms with Gasteiger partial charge in [0, 0.05) is 23.4 Å². The Morgan fingerprint density at radius 1 is 1.26 bits per heavy atom. The van der Waals surface area contributed by atoms with E-state index in [0.717, 1.165) is 17.4 Å². The second kappa shape index (κ2) is 6.96. The van der Waals surface area contributed by atoms with Crippen molar-refractivity contribution in [2.75, 3.05) is 27.7 Å². The van der Waals surface area contributed by atoms with E-state index in [0.29, 0.717) is 17.7 Å². The molecule has 1 unspecified atom stereocenters. The molecule has 0 bridgehead atoms. The van der Waals surface area contributed by atoms with Crippen molar-refractivity contribution >= 4 is 22.7 Å². The molecule has 2 aromatic rings. The third-order valence-corrected chi connectivity index (χ3v) is 3.96. The van der Waals surface area contributed by atoms with Crippen molar-refractivity contribution in [1.29, 1.82) is 0 Å². The van der Waals surface area contributed by atoms with Gasteiger partial charge in [0.05, 0.1) is 7.11 Å². The van der Waals surface area contributed by atoms with Crippen LogP contribution in [-0.2, 0) is 4.74 Å². The summed E-state index contributed by atoms with van der Waals surface area (Å²) in [7, 11) is 5.23. The molecule has 124 valence electrons. The van der Waals surface area contributed by atoms with Crippen LogP contribution < -0.4 is 0 Å². The first-order valence-electron chi connectivity index (χ1n) is 7.68. The van der Waals surface area contributed by atoms with Crippen LogP contribution in [0.25, 0.3) is 11.0 Å². The van der Waals surface area contributed by atoms with Gasteiger partial charge in [-0.05, 0) is 51.2 Å². The fourth-order valence-corrected chi connectivity index (χ4v) is 2.71. The zero-order valence-electron chi connectivity index (χ0n) is 14.3. The molecule has 0 aliphatic rings. The summed E-state index contributed by atoms with van der Waals surface area (Å²) in [5, 5.41) is 0.735. The summed E-state index contributed by atoms with van der Waals surface area (Å²) >= 11 is 0. The molecule has 2 rings (SSSR count). The van der Waals surface area contributed by atoms with E-state index in [1.807, 2.05) is 32.8 Å². The number of rotatable bonds is 6. The number of hydrogen-bond donors (Lipinski definition) is 0. The van der Waals surface area contributed by atoms with Crippen LogP contribution in [-0.4, -0.2) is 44.4 Å². The number of methoxy groups -OCH3 is 1. The highest BCUT2D eigenvalue weighted by molar-refractivity contribution is 6.03. The summed E-state index contributed by atoms with van der Waals surface area (Å²) in [5.74, 6) is -0.299. The highest BCUT2D eigenvalue weighted by Crippen LogP contribution is 2.26. The number of carbonyl (C=O) groups is 2. The van der Waals surface area contributed by atoms with Crippen LogP contribution >= 0.6 is 0 Å². The lowest BCUT2D eigenvalue weighted by Gasteiger charge is -2.19. The highest BCUT2D eigenvalue weighted by atomic mass is 16.5. The number of esters is 1. The molecule has 1 heterocycles. The van der Waals surface area contributed by atoms with Crippen molar-refractivity contribution < 1.29 is 18.7 Å². The van der Waals surface area contributed by atoms with E-state index in [1.165, 1.54) is 7.11 Å². The molecule has 5 nitrogen and oxygen atoms in total. The van der Waals surface area contributed by atoms with E-state index in [-0.39, 0.29) is 17.5 Å². The minimum atomic E-state index is -0.522. The summed E-state index contributed by atoms with van der Waals surface area (Å²) in [5.41, 5.74) is 2.12. The molecular formula is C18H23NO4. The quantitative estimate of drug-likeness (QED) is 0.604. The third-order valence-electron chi connectivity index (χ3n) is 3.96. The summed E-state index contributed by atoms with van der Waals surface area (Å²) in [6.45, 7) is 4.62. The second-order valence-corrected chi connectivity index (χ2v) is 6.04. The van der Waals surface area contributed by atoms with Crippen molar-refractivity contribution in [3.63, 3.8) is 0 Å². The highest BCUT2D eigenvalue weighted by Gasteiger charge is 2.22. The Hall–Kier alpha value is -2.14. The van der Waals surface area contributed by atoms with Gasteiger partial charge in [0.15, 0.2) is 5.78 Å². The summed E-state index contributed by atoms with van der Waals surface area (Å²) in [6.07, 6.45) is 0.785. The Morgan fingerprint density at radius 3 is 2.52 bits per heavy atom. The van der Waals surface area contributed by atoms with Crippen LogP contribution in [0.3, 0.4) is 0 Å². The Bertz CT molecular complexity index is 730. The van der Waals surface area contributed by atoms with Gasteiger partial charge in [0.1, 0.15) is 5.58 Å². The normalized spacial score (nSPS) is 12.6. The molecule has 23 heavy (non-hydrogen) atoms. The van der Waals surface area contributed by atoms with Crippen LogP contribution in [0, 0.1) is 12.8 Å². The lowest BCUT2D eigenvalue weighted by Crippen LogP contribution is -2.27. The van der Waals surface area contributed by atoms with Gasteiger partial charge < -0.3 is 14.1 Å². The van der Waals surface area contributed by atoms with Crippen molar-refractivity contribution in [1.82, 2.24) is 4.90 Å². The van der Waals surface area contributed by atoms with E-state index in [2.05, 4.69) is 4.74 Å². The van der Waals surface area contributed by atoms with Crippen molar-refractivity contribution in [3.8, 4) is 0 Å². The Kier molecular flexibility index (Phi) is 5.21. The number of ether oxygens (including phenoxy) is 1. The molecule has 0 amide bonds. The predicted octanol–water partition coefficient (Wildman–Crippen LogP) is 3.30. The van der Waals surface area contributed by atoms with Gasteiger partial charge in [-0.1, -0.05) is 6.92 Å². The van der Waals surface area contributed by atoms with Gasteiger partial charge in [0.2, 0.25) is 5.76 Å². The molecule has 0 aliphatic heterocycles. The number of nitrogens with zero attached hydrogens (tertiary/aromatic N) is 1. The van der Waals surface area contributed by atoms with E-state index in [4.69, 9.17) is 4.42 Å². The lowest BCUT2D eigenvalue weighted by atomic mass is 9.91. The maximum absolute atomic E-state index is 12.8. The number of Topliss-reactive ketones (excluding diaryl/α,β-unsaturated/α-hetero) is 1. The number of benzene rings is 1. The van der Waals surface area contributed by atoms with Crippen molar-refractivity contribution in [2.24, 2.45) is 5.92 Å². The average molecular weight is 317 g/mol. The number of aryl methyl sites for hydroxylation is 1. The maximum atomic E-state index is 12.8. The topological polar surface area (TPSA) is 59.8 Å². The molecule has 0 radical (unpaired) electrons. The number of fused-ring (bicyclic) bond motifs is 1. The average Bonchev–Trinajstić information content (AvgIpc) is 2.92. The minimum absolute atomic E-state index is 0.0480. The number of ketones is 1. The van der Waals surface area contributed by atoms with Crippen LogP contribution in [0.4, 0.5) is 0 Å². The van der Waals surface area contributed by atoms with Gasteiger partial charge in [0.25, 0.3) is 0 Å². The largest absolute Gasteiger partial charge is 0.463 e. The van der Waals surface area contributed by atoms with E-state index in [9.17, 15) is 9.59 Å². The Morgan fingerprint density at radius 2 is 1.96 bits per heavy atom. The van der Waals surface area contributed by atoms with Crippen LogP contribution in [0.15, 0.2) is 22.6 Å². The van der Waals surface area contributed by atoms with E-state index in [1.54, 1.807) is 18.2 Å². The zero-order valence-corrected chi connectivity index (χ0v) is 14.3. The molecule has 0 fully saturated rings. The minimum Gasteiger partial charge on any atom is -0.463 e. The van der Waals surface area contributed by atoms with Gasteiger partial charge >= 0.3 is 5.97 Å². The van der Waals surface area contributed by atoms with Gasteiger partial charge in [-0.3, -0.25) is 4.79 Å². The molecule has 0 spiro atoms. The fraction of sp³-hybridized carbons (Fsp3) is 0.444. The summed E-state index contributed by atoms with van der Waals surface area (Å²) in [6, 6.07) is 5.23. The number of carbonyl (C=O) groups excluding carboxylic acids is 2. The first kappa shape index (κ1) is 17.2. The molecule has 0 N–H and O–H groups in total. The van der Waals surface area contributed by atoms with Gasteiger partial charge in [-0.15, -0.1) is 0 Å². The molecule has 5 heteroatoms. The molecular weight excluding hydrogens is 294 g/mol. The van der Waals surface area contributed by atoms with Crippen molar-refractivity contribution in [2.45, 2.75) is 20.3 Å². The summed E-state index contributed by atoms with van der Waals surface area (Å²) in [4.78, 5) is 26.4. The Labute approximate surface area is 136 Å². The molecule has 1 aromatic carbocycles. The number of furan rings is 1. The molecule has 0 aliphatic carbocycles. The van der Waals surface area contributed by atoms with Gasteiger partial charge in [-0.25, -0.2) is 4.79 Å². The first-order valence-corrected chi connectivity index (χ1v) is 7.68. The number of hydrogen-bond acceptors (Lipinski definition) is 5. The smallest absolute Gasteiger partial charge is 0.373 e. The van der Waals surface area contributed by atoms with Crippen molar-refractivity contribution in [3.05, 3.63) is 35.1 Å². The van der Waals surface area contributed by atoms with Crippen LogP contribution in [0.5, 0.6) is 0 Å². The standard InChI is InChI=1S/C18H23NO4/c1-6-12(10-19(3)4)17(20)14-8-13-9-16(18(21)22-5)23-15(13)7-11(14)2/h7-9,12H,6,10H2,1-5H3.